The van der Waals surface area contributed by atoms with Crippen LogP contribution in [0.5, 0.6) is 0 Å². The van der Waals surface area contributed by atoms with Gasteiger partial charge in [-0.05, 0) is 29.7 Å². The van der Waals surface area contributed by atoms with E-state index >= 15 is 0 Å². The molecule has 2 N–H and O–H groups in total. The normalized spacial score (nSPS) is 9.76. The minimum absolute atomic E-state index is 0. The predicted octanol–water partition coefficient (Wildman–Crippen LogP) is 4.83. The van der Waals surface area contributed by atoms with Gasteiger partial charge in [-0.1, -0.05) is 44.2 Å². The monoisotopic (exact) mass is 568 g/mol. The van der Waals surface area contributed by atoms with Gasteiger partial charge in [0.15, 0.2) is 0 Å². The van der Waals surface area contributed by atoms with E-state index in [1.54, 1.807) is 0 Å². The van der Waals surface area contributed by atoms with Gasteiger partial charge in [0.1, 0.15) is 0 Å². The van der Waals surface area contributed by atoms with Crippen molar-refractivity contribution in [2.45, 2.75) is 19.8 Å². The molecule has 155 valence electrons. The van der Waals surface area contributed by atoms with E-state index in [9.17, 15) is 0 Å². The van der Waals surface area contributed by atoms with E-state index in [4.69, 9.17) is 15.2 Å². The van der Waals surface area contributed by atoms with Crippen LogP contribution in [0, 0.1) is 6.07 Å². The van der Waals surface area contributed by atoms with Gasteiger partial charge >= 0.3 is 0 Å². The van der Waals surface area contributed by atoms with Crippen molar-refractivity contribution < 1.29 is 30.3 Å². The summed E-state index contributed by atoms with van der Waals surface area (Å²) in [4.78, 5) is 4.89. The number of para-hydroxylation sites is 3. The van der Waals surface area contributed by atoms with Crippen LogP contribution in [0.2, 0.25) is 0 Å². The summed E-state index contributed by atoms with van der Waals surface area (Å²) < 4.78 is 2.26. The average Bonchev–Trinajstić information content (AvgIpc) is 3.16. The zero-order valence-electron chi connectivity index (χ0n) is 17.1. The third-order valence-corrected chi connectivity index (χ3v) is 4.31. The smallest absolute Gasteiger partial charge is 0.0774 e. The molecule has 29 heavy (non-hydrogen) atoms. The van der Waals surface area contributed by atoms with Crippen LogP contribution >= 0.6 is 0 Å². The van der Waals surface area contributed by atoms with Crippen LogP contribution in [-0.4, -0.2) is 34.0 Å². The number of hydrogen-bond acceptors (Lipinski definition) is 3. The SMILES string of the molecule is CC(C)c1ccccc1-n1c(-c2[c-]cccc2)nc2ccccc21.CO.CO.[Ir]. The molecule has 0 unspecified atom stereocenters. The van der Waals surface area contributed by atoms with E-state index in [1.807, 2.05) is 24.3 Å². The van der Waals surface area contributed by atoms with Crippen molar-refractivity contribution in [3.63, 3.8) is 0 Å². The molecule has 1 heterocycles. The van der Waals surface area contributed by atoms with Crippen molar-refractivity contribution in [1.82, 2.24) is 9.55 Å². The summed E-state index contributed by atoms with van der Waals surface area (Å²) in [7, 11) is 2.00. The summed E-state index contributed by atoms with van der Waals surface area (Å²) in [6.45, 7) is 4.46. The summed E-state index contributed by atoms with van der Waals surface area (Å²) in [5.41, 5.74) is 5.64. The molecule has 1 aromatic heterocycles. The Kier molecular flexibility index (Phi) is 10.5. The van der Waals surface area contributed by atoms with Gasteiger partial charge in [0, 0.05) is 40.0 Å². The molecular formula is C24H27IrN2O2-. The molecule has 5 heteroatoms. The molecule has 0 aliphatic heterocycles. The molecule has 0 atom stereocenters. The number of fused-ring (bicyclic) bond motifs is 1. The number of imidazole rings is 1. The summed E-state index contributed by atoms with van der Waals surface area (Å²) in [6.07, 6.45) is 0. The molecule has 0 bridgehead atoms. The Balaban J connectivity index is 0.000000794. The van der Waals surface area contributed by atoms with Crippen molar-refractivity contribution in [3.05, 3.63) is 84.4 Å². The maximum absolute atomic E-state index is 7.00. The third-order valence-electron chi connectivity index (χ3n) is 4.31. The number of benzene rings is 3. The van der Waals surface area contributed by atoms with E-state index in [0.29, 0.717) is 5.92 Å². The molecule has 1 radical (unpaired) electrons. The summed E-state index contributed by atoms with van der Waals surface area (Å²) in [6, 6.07) is 28.2. The molecule has 4 rings (SSSR count). The van der Waals surface area contributed by atoms with Crippen LogP contribution in [0.4, 0.5) is 0 Å². The number of aliphatic hydroxyl groups is 2. The largest absolute Gasteiger partial charge is 0.400 e. The molecule has 0 saturated carbocycles. The molecule has 4 nitrogen and oxygen atoms in total. The van der Waals surface area contributed by atoms with E-state index in [-0.39, 0.29) is 20.1 Å². The average molecular weight is 568 g/mol. The Labute approximate surface area is 186 Å². The molecule has 0 fully saturated rings. The van der Waals surface area contributed by atoms with Crippen LogP contribution in [0.25, 0.3) is 28.1 Å². The number of nitrogens with zero attached hydrogens (tertiary/aromatic N) is 2. The topological polar surface area (TPSA) is 58.3 Å². The minimum atomic E-state index is 0. The molecule has 0 aliphatic rings. The standard InChI is InChI=1S/C22H19N2.2CH4O.Ir/c1-16(2)18-12-6-8-14-20(18)24-21-15-9-7-13-19(21)23-22(24)17-10-4-3-5-11-17;2*1-2;/h3-10,12-16H,1-2H3;2*2H,1H3;/q-1;;;. The van der Waals surface area contributed by atoms with Gasteiger partial charge in [-0.3, -0.25) is 4.98 Å². The second-order valence-corrected chi connectivity index (χ2v) is 6.25. The zero-order chi connectivity index (χ0) is 20.5. The van der Waals surface area contributed by atoms with Crippen LogP contribution in [-0.2, 0) is 20.1 Å². The fourth-order valence-corrected chi connectivity index (χ4v) is 3.16. The first-order chi connectivity index (χ1) is 13.8. The quantitative estimate of drug-likeness (QED) is 0.349. The molecular weight excluding hydrogens is 540 g/mol. The van der Waals surface area contributed by atoms with Gasteiger partial charge in [0.25, 0.3) is 0 Å². The van der Waals surface area contributed by atoms with E-state index < -0.39 is 0 Å². The number of aliphatic hydroxyl groups excluding tert-OH is 2. The van der Waals surface area contributed by atoms with Gasteiger partial charge in [-0.15, -0.1) is 35.9 Å². The predicted molar refractivity (Wildman–Crippen MR) is 116 cm³/mol. The minimum Gasteiger partial charge on any atom is -0.400 e. The number of hydrogen-bond donors (Lipinski definition) is 2. The molecule has 3 aromatic carbocycles. The number of aromatic nitrogens is 2. The van der Waals surface area contributed by atoms with Gasteiger partial charge in [-0.2, -0.15) is 0 Å². The van der Waals surface area contributed by atoms with Gasteiger partial charge in [0.05, 0.1) is 16.9 Å². The summed E-state index contributed by atoms with van der Waals surface area (Å²) in [5.74, 6) is 1.37. The Morgan fingerprint density at radius 3 is 2.10 bits per heavy atom. The molecule has 0 amide bonds. The fourth-order valence-electron chi connectivity index (χ4n) is 3.16. The van der Waals surface area contributed by atoms with Crippen LogP contribution < -0.4 is 0 Å². The Morgan fingerprint density at radius 2 is 1.45 bits per heavy atom. The van der Waals surface area contributed by atoms with Crippen molar-refractivity contribution in [1.29, 1.82) is 0 Å². The van der Waals surface area contributed by atoms with Gasteiger partial charge in [0.2, 0.25) is 0 Å². The van der Waals surface area contributed by atoms with Crippen molar-refractivity contribution in [3.8, 4) is 17.1 Å². The first-order valence-corrected chi connectivity index (χ1v) is 9.19. The van der Waals surface area contributed by atoms with E-state index in [2.05, 4.69) is 73.0 Å². The molecule has 0 aliphatic carbocycles. The second-order valence-electron chi connectivity index (χ2n) is 6.25. The molecule has 4 aromatic rings. The maximum atomic E-state index is 7.00. The maximum Gasteiger partial charge on any atom is 0.0774 e. The van der Waals surface area contributed by atoms with E-state index in [1.165, 1.54) is 11.3 Å². The Hall–Kier alpha value is -2.30. The number of rotatable bonds is 3. The van der Waals surface area contributed by atoms with E-state index in [0.717, 1.165) is 36.6 Å². The van der Waals surface area contributed by atoms with Crippen molar-refractivity contribution in [2.24, 2.45) is 0 Å². The van der Waals surface area contributed by atoms with Crippen molar-refractivity contribution in [2.75, 3.05) is 14.2 Å². The van der Waals surface area contributed by atoms with Crippen LogP contribution in [0.15, 0.2) is 72.8 Å². The van der Waals surface area contributed by atoms with Crippen molar-refractivity contribution >= 4 is 11.0 Å². The summed E-state index contributed by atoms with van der Waals surface area (Å²) in [5, 5.41) is 14.0. The first-order valence-electron chi connectivity index (χ1n) is 9.19. The molecule has 0 spiro atoms. The fraction of sp³-hybridized carbons (Fsp3) is 0.208. The van der Waals surface area contributed by atoms with Crippen LogP contribution in [0.1, 0.15) is 25.3 Å². The second kappa shape index (κ2) is 12.3. The Bertz CT molecular complexity index is 998. The zero-order valence-corrected chi connectivity index (χ0v) is 19.5. The first kappa shape index (κ1) is 24.7. The molecule has 0 saturated heterocycles. The summed E-state index contributed by atoms with van der Waals surface area (Å²) >= 11 is 0. The third kappa shape index (κ3) is 5.40. The van der Waals surface area contributed by atoms with Crippen LogP contribution in [0.3, 0.4) is 0 Å². The van der Waals surface area contributed by atoms with Gasteiger partial charge in [-0.25, -0.2) is 0 Å². The van der Waals surface area contributed by atoms with Gasteiger partial charge < -0.3 is 14.8 Å². The Morgan fingerprint density at radius 1 is 0.828 bits per heavy atom.